The Balaban J connectivity index is 2.26. The molecule has 2 aliphatic rings. The third-order valence-electron chi connectivity index (χ3n) is 4.49. The van der Waals surface area contributed by atoms with Crippen LogP contribution < -0.4 is 15.8 Å². The van der Waals surface area contributed by atoms with Crippen LogP contribution in [0.15, 0.2) is 6.07 Å². The number of hydrogen-bond donors (Lipinski definition) is 2. The van der Waals surface area contributed by atoms with Gasteiger partial charge in [-0.2, -0.15) is 0 Å². The summed E-state index contributed by atoms with van der Waals surface area (Å²) < 4.78 is 6.13. The molecular formula is C15H20N2OS. The van der Waals surface area contributed by atoms with E-state index in [-0.39, 0.29) is 11.5 Å². The summed E-state index contributed by atoms with van der Waals surface area (Å²) in [6, 6.07) is 2.21. The van der Waals surface area contributed by atoms with Crippen molar-refractivity contribution in [3.05, 3.63) is 22.8 Å². The standard InChI is InChI=1S/C15H20N2OS/c1-7-5-9-8(2)10(6-16)18-13(9)11-12(7)17-14(19)15(11,3)4/h5,8,10H,6,16H2,1-4H3,(H,17,19). The highest BCUT2D eigenvalue weighted by Gasteiger charge is 2.43. The number of benzene rings is 1. The normalized spacial score (nSPS) is 26.7. The van der Waals surface area contributed by atoms with Crippen LogP contribution in [-0.2, 0) is 5.41 Å². The van der Waals surface area contributed by atoms with Gasteiger partial charge in [0.15, 0.2) is 0 Å². The first-order chi connectivity index (χ1) is 8.87. The van der Waals surface area contributed by atoms with Gasteiger partial charge in [-0.25, -0.2) is 0 Å². The van der Waals surface area contributed by atoms with E-state index in [2.05, 4.69) is 39.1 Å². The monoisotopic (exact) mass is 276 g/mol. The number of thiocarbonyl (C=S) groups is 1. The van der Waals surface area contributed by atoms with E-state index >= 15 is 0 Å². The summed E-state index contributed by atoms with van der Waals surface area (Å²) >= 11 is 5.49. The van der Waals surface area contributed by atoms with Gasteiger partial charge in [0, 0.05) is 34.7 Å². The third-order valence-corrected chi connectivity index (χ3v) is 5.10. The van der Waals surface area contributed by atoms with Crippen molar-refractivity contribution >= 4 is 22.9 Å². The van der Waals surface area contributed by atoms with E-state index in [9.17, 15) is 0 Å². The molecule has 3 nitrogen and oxygen atoms in total. The van der Waals surface area contributed by atoms with Crippen LogP contribution in [0.3, 0.4) is 0 Å². The molecule has 0 fully saturated rings. The molecule has 0 saturated heterocycles. The van der Waals surface area contributed by atoms with E-state index in [0.29, 0.717) is 12.5 Å². The first kappa shape index (κ1) is 12.9. The minimum absolute atomic E-state index is 0.0749. The molecule has 0 radical (unpaired) electrons. The zero-order chi connectivity index (χ0) is 13.9. The highest BCUT2D eigenvalue weighted by atomic mass is 32.1. The first-order valence-electron chi connectivity index (χ1n) is 6.74. The zero-order valence-electron chi connectivity index (χ0n) is 11.8. The predicted octanol–water partition coefficient (Wildman–Crippen LogP) is 2.85. The summed E-state index contributed by atoms with van der Waals surface area (Å²) in [5.41, 5.74) is 10.5. The molecule has 102 valence electrons. The lowest BCUT2D eigenvalue weighted by Gasteiger charge is -2.21. The van der Waals surface area contributed by atoms with Gasteiger partial charge in [0.25, 0.3) is 0 Å². The minimum atomic E-state index is -0.177. The molecule has 2 atom stereocenters. The largest absolute Gasteiger partial charge is 0.488 e. The maximum atomic E-state index is 6.13. The van der Waals surface area contributed by atoms with Crippen molar-refractivity contribution in [1.29, 1.82) is 0 Å². The third kappa shape index (κ3) is 1.56. The SMILES string of the molecule is Cc1cc2c(c3c1NC(=S)C3(C)C)OC(CN)C2C. The molecule has 19 heavy (non-hydrogen) atoms. The Morgan fingerprint density at radius 3 is 2.79 bits per heavy atom. The quantitative estimate of drug-likeness (QED) is 0.774. The van der Waals surface area contributed by atoms with Crippen molar-refractivity contribution in [2.75, 3.05) is 11.9 Å². The highest BCUT2D eigenvalue weighted by Crippen LogP contribution is 2.52. The summed E-state index contributed by atoms with van der Waals surface area (Å²) in [5, 5.41) is 3.35. The number of fused-ring (bicyclic) bond motifs is 3. The zero-order valence-corrected chi connectivity index (χ0v) is 12.6. The molecule has 3 rings (SSSR count). The molecule has 1 aromatic rings. The lowest BCUT2D eigenvalue weighted by Crippen LogP contribution is -2.28. The van der Waals surface area contributed by atoms with E-state index in [1.54, 1.807) is 0 Å². The van der Waals surface area contributed by atoms with Crippen molar-refractivity contribution < 1.29 is 4.74 Å². The Morgan fingerprint density at radius 2 is 2.16 bits per heavy atom. The van der Waals surface area contributed by atoms with E-state index in [1.807, 2.05) is 0 Å². The summed E-state index contributed by atoms with van der Waals surface area (Å²) in [6.07, 6.45) is 0.0749. The molecule has 0 saturated carbocycles. The van der Waals surface area contributed by atoms with E-state index in [0.717, 1.165) is 16.4 Å². The summed E-state index contributed by atoms with van der Waals surface area (Å²) in [6.45, 7) is 9.15. The van der Waals surface area contributed by atoms with Gasteiger partial charge in [-0.15, -0.1) is 0 Å². The number of anilines is 1. The fourth-order valence-electron chi connectivity index (χ4n) is 3.14. The molecule has 0 amide bonds. The molecule has 0 spiro atoms. The van der Waals surface area contributed by atoms with Gasteiger partial charge >= 0.3 is 0 Å². The highest BCUT2D eigenvalue weighted by molar-refractivity contribution is 7.80. The average Bonchev–Trinajstić information content (AvgIpc) is 2.78. The molecule has 2 unspecified atom stereocenters. The van der Waals surface area contributed by atoms with Gasteiger partial charge in [0.05, 0.1) is 4.99 Å². The smallest absolute Gasteiger partial charge is 0.129 e. The summed E-state index contributed by atoms with van der Waals surface area (Å²) in [7, 11) is 0. The molecule has 0 bridgehead atoms. The minimum Gasteiger partial charge on any atom is -0.488 e. The second-order valence-electron chi connectivity index (χ2n) is 6.12. The lowest BCUT2D eigenvalue weighted by atomic mass is 9.83. The molecule has 2 heterocycles. The molecule has 4 heteroatoms. The van der Waals surface area contributed by atoms with Crippen LogP contribution in [0.2, 0.25) is 0 Å². The van der Waals surface area contributed by atoms with Gasteiger partial charge in [-0.05, 0) is 32.4 Å². The van der Waals surface area contributed by atoms with Crippen LogP contribution in [0.1, 0.15) is 43.4 Å². The topological polar surface area (TPSA) is 47.3 Å². The van der Waals surface area contributed by atoms with Crippen LogP contribution in [0.25, 0.3) is 0 Å². The molecule has 0 aromatic heterocycles. The van der Waals surface area contributed by atoms with Crippen molar-refractivity contribution in [3.63, 3.8) is 0 Å². The molecule has 0 aliphatic carbocycles. The molecule has 1 aromatic carbocycles. The fraction of sp³-hybridized carbons (Fsp3) is 0.533. The van der Waals surface area contributed by atoms with Gasteiger partial charge < -0.3 is 15.8 Å². The predicted molar refractivity (Wildman–Crippen MR) is 82.3 cm³/mol. The second-order valence-corrected chi connectivity index (χ2v) is 6.53. The molecule has 3 N–H and O–H groups in total. The Labute approximate surface area is 119 Å². The van der Waals surface area contributed by atoms with Gasteiger partial charge in [0.1, 0.15) is 11.9 Å². The summed E-state index contributed by atoms with van der Waals surface area (Å²) in [5.74, 6) is 1.34. The van der Waals surface area contributed by atoms with Crippen molar-refractivity contribution in [3.8, 4) is 5.75 Å². The molecule has 2 aliphatic heterocycles. The average molecular weight is 276 g/mol. The fourth-order valence-corrected chi connectivity index (χ4v) is 3.34. The van der Waals surface area contributed by atoms with E-state index in [1.165, 1.54) is 16.7 Å². The Kier molecular flexibility index (Phi) is 2.67. The lowest BCUT2D eigenvalue weighted by molar-refractivity contribution is 0.217. The van der Waals surface area contributed by atoms with Crippen LogP contribution in [0.5, 0.6) is 5.75 Å². The van der Waals surface area contributed by atoms with Crippen LogP contribution in [-0.4, -0.2) is 17.6 Å². The summed E-state index contributed by atoms with van der Waals surface area (Å²) in [4.78, 5) is 0.867. The number of ether oxygens (including phenoxy) is 1. The number of hydrogen-bond acceptors (Lipinski definition) is 3. The van der Waals surface area contributed by atoms with Crippen molar-refractivity contribution in [2.45, 2.75) is 45.1 Å². The number of aryl methyl sites for hydroxylation is 1. The van der Waals surface area contributed by atoms with Crippen LogP contribution in [0.4, 0.5) is 5.69 Å². The Bertz CT molecular complexity index is 580. The van der Waals surface area contributed by atoms with Crippen molar-refractivity contribution in [1.82, 2.24) is 0 Å². The van der Waals surface area contributed by atoms with E-state index in [4.69, 9.17) is 22.7 Å². The maximum absolute atomic E-state index is 6.13. The van der Waals surface area contributed by atoms with Crippen molar-refractivity contribution in [2.24, 2.45) is 5.73 Å². The number of nitrogens with two attached hydrogens (primary N) is 1. The van der Waals surface area contributed by atoms with Gasteiger partial charge in [-0.3, -0.25) is 0 Å². The Morgan fingerprint density at radius 1 is 1.47 bits per heavy atom. The van der Waals surface area contributed by atoms with Gasteiger partial charge in [0.2, 0.25) is 0 Å². The first-order valence-corrected chi connectivity index (χ1v) is 7.15. The van der Waals surface area contributed by atoms with Crippen LogP contribution >= 0.6 is 12.2 Å². The second kappa shape index (κ2) is 3.93. The maximum Gasteiger partial charge on any atom is 0.129 e. The number of nitrogens with one attached hydrogen (secondary N) is 1. The van der Waals surface area contributed by atoms with Gasteiger partial charge in [-0.1, -0.05) is 19.1 Å². The number of rotatable bonds is 1. The van der Waals surface area contributed by atoms with Crippen LogP contribution in [0, 0.1) is 6.92 Å². The molecular weight excluding hydrogens is 256 g/mol. The Hall–Kier alpha value is -1.13. The van der Waals surface area contributed by atoms with E-state index < -0.39 is 0 Å².